The van der Waals surface area contributed by atoms with E-state index in [1.54, 1.807) is 42.6 Å². The molecule has 0 radical (unpaired) electrons. The molecule has 0 fully saturated rings. The summed E-state index contributed by atoms with van der Waals surface area (Å²) in [6, 6.07) is 10.3. The lowest BCUT2D eigenvalue weighted by molar-refractivity contribution is 0.102. The van der Waals surface area contributed by atoms with Crippen molar-refractivity contribution >= 4 is 11.7 Å². The van der Waals surface area contributed by atoms with E-state index in [4.69, 9.17) is 0 Å². The highest BCUT2D eigenvalue weighted by Crippen LogP contribution is 2.04. The summed E-state index contributed by atoms with van der Waals surface area (Å²) in [5, 5.41) is 2.58. The number of rotatable bonds is 4. The lowest BCUT2D eigenvalue weighted by atomic mass is 10.2. The predicted molar refractivity (Wildman–Crippen MR) is 73.1 cm³/mol. The maximum atomic E-state index is 11.9. The Hall–Kier alpha value is -2.69. The lowest BCUT2D eigenvalue weighted by Gasteiger charge is -2.05. The van der Waals surface area contributed by atoms with Gasteiger partial charge < -0.3 is 5.32 Å². The molecule has 1 aromatic heterocycles. The van der Waals surface area contributed by atoms with Gasteiger partial charge in [0.2, 0.25) is 0 Å². The number of carbonyl (C=O) groups excluding carboxylic acids is 1. The zero-order valence-corrected chi connectivity index (χ0v) is 10.2. The van der Waals surface area contributed by atoms with Gasteiger partial charge in [-0.25, -0.2) is 4.79 Å². The molecule has 0 saturated heterocycles. The molecule has 0 aliphatic rings. The van der Waals surface area contributed by atoms with Crippen molar-refractivity contribution in [2.24, 2.45) is 0 Å². The molecule has 1 amide bonds. The Bertz CT molecular complexity index is 647. The largest absolute Gasteiger partial charge is 0.349 e. The number of hydrogen-bond donors (Lipinski definition) is 1. The summed E-state index contributed by atoms with van der Waals surface area (Å²) in [6.07, 6.45) is 3.17. The molecule has 0 atom stereocenters. The molecule has 19 heavy (non-hydrogen) atoms. The van der Waals surface area contributed by atoms with Crippen LogP contribution in [0.25, 0.3) is 0 Å². The molecule has 0 aliphatic carbocycles. The van der Waals surface area contributed by atoms with Gasteiger partial charge in [0.25, 0.3) is 5.91 Å². The van der Waals surface area contributed by atoms with Gasteiger partial charge in [-0.05, 0) is 18.2 Å². The Morgan fingerprint density at radius 2 is 2.05 bits per heavy atom. The first-order chi connectivity index (χ1) is 9.20. The molecule has 5 nitrogen and oxygen atoms in total. The molecule has 5 heteroatoms. The van der Waals surface area contributed by atoms with E-state index in [9.17, 15) is 9.59 Å². The van der Waals surface area contributed by atoms with Crippen LogP contribution < -0.4 is 11.0 Å². The molecule has 1 aromatic carbocycles. The van der Waals surface area contributed by atoms with Crippen molar-refractivity contribution in [3.05, 3.63) is 71.3 Å². The lowest BCUT2D eigenvalue weighted by Crippen LogP contribution is -2.24. The zero-order chi connectivity index (χ0) is 13.7. The minimum absolute atomic E-state index is 0.235. The normalized spacial score (nSPS) is 9.89. The Balaban J connectivity index is 2.16. The Morgan fingerprint density at radius 1 is 1.32 bits per heavy atom. The van der Waals surface area contributed by atoms with E-state index in [1.807, 2.05) is 6.07 Å². The summed E-state index contributed by atoms with van der Waals surface area (Å²) in [6.45, 7) is 3.94. The SMILES string of the molecule is C=CCn1ccc(NC(=O)c2ccccc2)nc1=O. The molecule has 0 bridgehead atoms. The van der Waals surface area contributed by atoms with E-state index in [1.165, 1.54) is 4.57 Å². The summed E-state index contributed by atoms with van der Waals surface area (Å²) in [5.74, 6) is -0.0619. The van der Waals surface area contributed by atoms with Crippen LogP contribution in [0.15, 0.2) is 60.0 Å². The van der Waals surface area contributed by atoms with Crippen molar-refractivity contribution in [1.29, 1.82) is 0 Å². The number of allylic oxidation sites excluding steroid dienone is 1. The Morgan fingerprint density at radius 3 is 2.68 bits per heavy atom. The van der Waals surface area contributed by atoms with Crippen LogP contribution in [0.4, 0.5) is 5.82 Å². The minimum Gasteiger partial charge on any atom is -0.306 e. The van der Waals surface area contributed by atoms with Crippen LogP contribution >= 0.6 is 0 Å². The van der Waals surface area contributed by atoms with Crippen molar-refractivity contribution in [2.75, 3.05) is 5.32 Å². The maximum absolute atomic E-state index is 11.9. The van der Waals surface area contributed by atoms with Gasteiger partial charge in [-0.1, -0.05) is 24.3 Å². The molecule has 96 valence electrons. The zero-order valence-electron chi connectivity index (χ0n) is 10.2. The van der Waals surface area contributed by atoms with Gasteiger partial charge >= 0.3 is 5.69 Å². The van der Waals surface area contributed by atoms with Gasteiger partial charge in [-0.3, -0.25) is 9.36 Å². The molecule has 0 spiro atoms. The fraction of sp³-hybridized carbons (Fsp3) is 0.0714. The molecule has 2 aromatic rings. The third-order valence-electron chi connectivity index (χ3n) is 2.48. The van der Waals surface area contributed by atoms with Crippen LogP contribution in [0.2, 0.25) is 0 Å². The summed E-state index contributed by atoms with van der Waals surface area (Å²) in [5.41, 5.74) is 0.0883. The van der Waals surface area contributed by atoms with E-state index >= 15 is 0 Å². The molecule has 1 heterocycles. The number of nitrogens with zero attached hydrogens (tertiary/aromatic N) is 2. The number of amides is 1. The van der Waals surface area contributed by atoms with Crippen LogP contribution in [0, 0.1) is 0 Å². The predicted octanol–water partition coefficient (Wildman–Crippen LogP) is 1.68. The van der Waals surface area contributed by atoms with Crippen LogP contribution in [-0.4, -0.2) is 15.5 Å². The second kappa shape index (κ2) is 5.77. The molecule has 0 unspecified atom stereocenters. The number of benzene rings is 1. The van der Waals surface area contributed by atoms with E-state index in [0.717, 1.165) is 0 Å². The van der Waals surface area contributed by atoms with Crippen molar-refractivity contribution in [3.63, 3.8) is 0 Å². The van der Waals surface area contributed by atoms with E-state index < -0.39 is 5.69 Å². The molecule has 0 saturated carbocycles. The average Bonchev–Trinajstić information content (AvgIpc) is 2.43. The highest BCUT2D eigenvalue weighted by atomic mass is 16.2. The number of carbonyl (C=O) groups is 1. The first-order valence-electron chi connectivity index (χ1n) is 5.75. The summed E-state index contributed by atoms with van der Waals surface area (Å²) >= 11 is 0. The smallest absolute Gasteiger partial charge is 0.306 e. The number of nitrogens with one attached hydrogen (secondary N) is 1. The van der Waals surface area contributed by atoms with E-state index in [0.29, 0.717) is 12.1 Å². The van der Waals surface area contributed by atoms with Crippen molar-refractivity contribution in [2.45, 2.75) is 6.54 Å². The van der Waals surface area contributed by atoms with Gasteiger partial charge in [0.05, 0.1) is 0 Å². The number of anilines is 1. The first-order valence-corrected chi connectivity index (χ1v) is 5.75. The fourth-order valence-electron chi connectivity index (χ4n) is 1.55. The third kappa shape index (κ3) is 3.16. The van der Waals surface area contributed by atoms with Gasteiger partial charge in [-0.15, -0.1) is 6.58 Å². The monoisotopic (exact) mass is 255 g/mol. The average molecular weight is 255 g/mol. The molecule has 0 aliphatic heterocycles. The van der Waals surface area contributed by atoms with Crippen LogP contribution in [0.3, 0.4) is 0 Å². The Labute approximate surface area is 110 Å². The molecular formula is C14H13N3O2. The van der Waals surface area contributed by atoms with Crippen LogP contribution in [0.5, 0.6) is 0 Å². The van der Waals surface area contributed by atoms with Crippen LogP contribution in [0.1, 0.15) is 10.4 Å². The fourth-order valence-corrected chi connectivity index (χ4v) is 1.55. The van der Waals surface area contributed by atoms with Crippen molar-refractivity contribution in [1.82, 2.24) is 9.55 Å². The van der Waals surface area contributed by atoms with Gasteiger partial charge in [-0.2, -0.15) is 4.98 Å². The second-order valence-corrected chi connectivity index (χ2v) is 3.86. The third-order valence-corrected chi connectivity index (χ3v) is 2.48. The molecular weight excluding hydrogens is 242 g/mol. The van der Waals surface area contributed by atoms with Crippen LogP contribution in [-0.2, 0) is 6.54 Å². The first kappa shape index (κ1) is 12.8. The quantitative estimate of drug-likeness (QED) is 0.845. The van der Waals surface area contributed by atoms with Crippen molar-refractivity contribution < 1.29 is 4.79 Å². The van der Waals surface area contributed by atoms with Gasteiger partial charge in [0.1, 0.15) is 5.82 Å². The molecule has 2 rings (SSSR count). The van der Waals surface area contributed by atoms with E-state index in [2.05, 4.69) is 16.9 Å². The second-order valence-electron chi connectivity index (χ2n) is 3.86. The van der Waals surface area contributed by atoms with Crippen molar-refractivity contribution in [3.8, 4) is 0 Å². The van der Waals surface area contributed by atoms with Gasteiger partial charge in [0, 0.05) is 18.3 Å². The summed E-state index contributed by atoms with van der Waals surface area (Å²) < 4.78 is 1.39. The highest BCUT2D eigenvalue weighted by Gasteiger charge is 2.06. The highest BCUT2D eigenvalue weighted by molar-refractivity contribution is 6.03. The minimum atomic E-state index is -0.425. The Kier molecular flexibility index (Phi) is 3.87. The van der Waals surface area contributed by atoms with E-state index in [-0.39, 0.29) is 11.7 Å². The van der Waals surface area contributed by atoms with Gasteiger partial charge in [0.15, 0.2) is 0 Å². The number of aromatic nitrogens is 2. The number of hydrogen-bond acceptors (Lipinski definition) is 3. The molecule has 1 N–H and O–H groups in total. The summed E-state index contributed by atoms with van der Waals surface area (Å²) in [7, 11) is 0. The maximum Gasteiger partial charge on any atom is 0.349 e. The standard InChI is InChI=1S/C14H13N3O2/c1-2-9-17-10-8-12(16-14(17)19)15-13(18)11-6-4-3-5-7-11/h2-8,10H,1,9H2,(H,15,16,18,19). The summed E-state index contributed by atoms with van der Waals surface area (Å²) in [4.78, 5) is 27.2. The topological polar surface area (TPSA) is 64.0 Å².